The van der Waals surface area contributed by atoms with Crippen LogP contribution >= 0.6 is 0 Å². The molecule has 0 bridgehead atoms. The van der Waals surface area contributed by atoms with Gasteiger partial charge in [0.25, 0.3) is 0 Å². The molecule has 0 atom stereocenters. The second kappa shape index (κ2) is 8.81. The quantitative estimate of drug-likeness (QED) is 0.334. The van der Waals surface area contributed by atoms with Gasteiger partial charge in [-0.3, -0.25) is 10.1 Å². The van der Waals surface area contributed by atoms with Crippen LogP contribution in [0.2, 0.25) is 0 Å². The topological polar surface area (TPSA) is 78.7 Å². The van der Waals surface area contributed by atoms with Gasteiger partial charge in [-0.2, -0.15) is 0 Å². The zero-order chi connectivity index (χ0) is 19.9. The Hall–Kier alpha value is -3.67. The predicted molar refractivity (Wildman–Crippen MR) is 104 cm³/mol. The summed E-state index contributed by atoms with van der Waals surface area (Å²) in [6, 6.07) is 21.5. The van der Waals surface area contributed by atoms with Crippen molar-refractivity contribution in [3.8, 4) is 5.75 Å². The van der Waals surface area contributed by atoms with Gasteiger partial charge in [0, 0.05) is 0 Å². The summed E-state index contributed by atoms with van der Waals surface area (Å²) in [5.74, 6) is -0.692. The summed E-state index contributed by atoms with van der Waals surface area (Å²) in [6.45, 7) is 1.89. The first-order valence-corrected chi connectivity index (χ1v) is 8.72. The number of carbonyl (C=O) groups is 1. The van der Waals surface area contributed by atoms with Gasteiger partial charge >= 0.3 is 11.7 Å². The van der Waals surface area contributed by atoms with E-state index in [1.807, 2.05) is 60.7 Å². The van der Waals surface area contributed by atoms with Crippen LogP contribution < -0.4 is 4.74 Å². The minimum atomic E-state index is -0.764. The van der Waals surface area contributed by atoms with E-state index < -0.39 is 10.9 Å². The highest BCUT2D eigenvalue weighted by atomic mass is 16.6. The summed E-state index contributed by atoms with van der Waals surface area (Å²) in [5, 5.41) is 11.7. The van der Waals surface area contributed by atoms with Crippen molar-refractivity contribution < 1.29 is 19.2 Å². The Kier molecular flexibility index (Phi) is 6.01. The Balaban J connectivity index is 1.84. The highest BCUT2D eigenvalue weighted by Gasteiger charge is 2.28. The monoisotopic (exact) mass is 377 g/mol. The van der Waals surface area contributed by atoms with Crippen molar-refractivity contribution in [1.82, 2.24) is 0 Å². The number of ether oxygens (including phenoxy) is 2. The average Bonchev–Trinajstić information content (AvgIpc) is 2.72. The van der Waals surface area contributed by atoms with Crippen LogP contribution in [0.3, 0.4) is 0 Å². The molecule has 3 rings (SSSR count). The van der Waals surface area contributed by atoms with Gasteiger partial charge < -0.3 is 9.47 Å². The van der Waals surface area contributed by atoms with Crippen LogP contribution in [0.25, 0.3) is 0 Å². The lowest BCUT2D eigenvalue weighted by atomic mass is 10.1. The van der Waals surface area contributed by atoms with E-state index >= 15 is 0 Å². The van der Waals surface area contributed by atoms with Crippen molar-refractivity contribution in [3.63, 3.8) is 0 Å². The van der Waals surface area contributed by atoms with Gasteiger partial charge in [-0.25, -0.2) is 4.79 Å². The number of benzene rings is 3. The molecule has 0 fully saturated rings. The molecule has 0 heterocycles. The zero-order valence-electron chi connectivity index (χ0n) is 15.3. The summed E-state index contributed by atoms with van der Waals surface area (Å²) in [7, 11) is 0. The van der Waals surface area contributed by atoms with E-state index in [-0.39, 0.29) is 30.2 Å². The maximum atomic E-state index is 12.5. The molecule has 6 nitrogen and oxygen atoms in total. The Morgan fingerprint density at radius 3 is 2.04 bits per heavy atom. The maximum Gasteiger partial charge on any atom is 0.345 e. The normalized spacial score (nSPS) is 10.3. The largest absolute Gasteiger partial charge is 0.482 e. The second-order valence-corrected chi connectivity index (χ2v) is 6.20. The van der Waals surface area contributed by atoms with Crippen LogP contribution in [-0.2, 0) is 18.0 Å². The lowest BCUT2D eigenvalue weighted by molar-refractivity contribution is -0.386. The Morgan fingerprint density at radius 2 is 1.46 bits per heavy atom. The number of nitro groups is 1. The molecule has 0 aromatic heterocycles. The van der Waals surface area contributed by atoms with E-state index in [1.165, 1.54) is 6.07 Å². The fourth-order valence-electron chi connectivity index (χ4n) is 2.73. The van der Waals surface area contributed by atoms with Crippen LogP contribution in [0.5, 0.6) is 5.75 Å². The van der Waals surface area contributed by atoms with Crippen molar-refractivity contribution >= 4 is 11.7 Å². The summed E-state index contributed by atoms with van der Waals surface area (Å²) < 4.78 is 11.0. The first-order valence-electron chi connectivity index (χ1n) is 8.72. The number of aryl methyl sites for hydroxylation is 1. The average molecular weight is 377 g/mol. The molecule has 28 heavy (non-hydrogen) atoms. The summed E-state index contributed by atoms with van der Waals surface area (Å²) in [4.78, 5) is 23.6. The Labute approximate surface area is 162 Å². The van der Waals surface area contributed by atoms with Crippen LogP contribution in [0, 0.1) is 17.0 Å². The van der Waals surface area contributed by atoms with Crippen molar-refractivity contribution in [2.75, 3.05) is 0 Å². The molecule has 6 heteroatoms. The molecule has 0 unspecified atom stereocenters. The minimum Gasteiger partial charge on any atom is -0.482 e. The van der Waals surface area contributed by atoms with Crippen LogP contribution in [-0.4, -0.2) is 10.9 Å². The van der Waals surface area contributed by atoms with E-state index in [4.69, 9.17) is 9.47 Å². The molecule has 0 saturated carbocycles. The van der Waals surface area contributed by atoms with Crippen molar-refractivity contribution in [2.45, 2.75) is 20.1 Å². The standard InChI is InChI=1S/C22H19NO5/c1-16-12-13-19(22(24)28-15-18-10-6-3-7-11-18)20(23(25)26)21(16)27-14-17-8-4-2-5-9-17/h2-13H,14-15H2,1H3. The number of hydrogen-bond acceptors (Lipinski definition) is 5. The van der Waals surface area contributed by atoms with Crippen LogP contribution in [0.15, 0.2) is 72.8 Å². The Bertz CT molecular complexity index is 971. The van der Waals surface area contributed by atoms with E-state index in [0.717, 1.165) is 11.1 Å². The highest BCUT2D eigenvalue weighted by Crippen LogP contribution is 2.35. The fraction of sp³-hybridized carbons (Fsp3) is 0.136. The molecule has 0 spiro atoms. The highest BCUT2D eigenvalue weighted by molar-refractivity contribution is 5.95. The fourth-order valence-corrected chi connectivity index (χ4v) is 2.73. The molecule has 0 N–H and O–H groups in total. The zero-order valence-corrected chi connectivity index (χ0v) is 15.3. The van der Waals surface area contributed by atoms with Crippen molar-refractivity contribution in [1.29, 1.82) is 0 Å². The number of nitrogens with zero attached hydrogens (tertiary/aromatic N) is 1. The third-order valence-corrected chi connectivity index (χ3v) is 4.17. The molecule has 0 aliphatic rings. The van der Waals surface area contributed by atoms with Gasteiger partial charge in [-0.15, -0.1) is 0 Å². The van der Waals surface area contributed by atoms with E-state index in [9.17, 15) is 14.9 Å². The van der Waals surface area contributed by atoms with Gasteiger partial charge in [-0.05, 0) is 29.7 Å². The van der Waals surface area contributed by atoms with E-state index in [1.54, 1.807) is 13.0 Å². The van der Waals surface area contributed by atoms with Gasteiger partial charge in [0.1, 0.15) is 18.8 Å². The van der Waals surface area contributed by atoms with Crippen molar-refractivity contribution in [3.05, 3.63) is 105 Å². The molecule has 0 amide bonds. The number of hydrogen-bond donors (Lipinski definition) is 0. The molecule has 0 radical (unpaired) electrons. The smallest absolute Gasteiger partial charge is 0.345 e. The summed E-state index contributed by atoms with van der Waals surface area (Å²) in [5.41, 5.74) is 1.73. The first-order chi connectivity index (χ1) is 13.6. The third-order valence-electron chi connectivity index (χ3n) is 4.17. The van der Waals surface area contributed by atoms with E-state index in [2.05, 4.69) is 0 Å². The van der Waals surface area contributed by atoms with Gasteiger partial charge in [0.05, 0.1) is 4.92 Å². The van der Waals surface area contributed by atoms with Gasteiger partial charge in [0.2, 0.25) is 5.75 Å². The number of esters is 1. The summed E-state index contributed by atoms with van der Waals surface area (Å²) in [6.07, 6.45) is 0. The number of rotatable bonds is 7. The second-order valence-electron chi connectivity index (χ2n) is 6.20. The van der Waals surface area contributed by atoms with Crippen LogP contribution in [0.1, 0.15) is 27.0 Å². The molecule has 3 aromatic carbocycles. The lowest BCUT2D eigenvalue weighted by Gasteiger charge is -2.12. The third kappa shape index (κ3) is 4.54. The molecule has 142 valence electrons. The minimum absolute atomic E-state index is 0.0326. The predicted octanol–water partition coefficient (Wildman–Crippen LogP) is 4.84. The number of carbonyl (C=O) groups excluding carboxylic acids is 1. The summed E-state index contributed by atoms with van der Waals surface area (Å²) >= 11 is 0. The van der Waals surface area contributed by atoms with Crippen molar-refractivity contribution in [2.24, 2.45) is 0 Å². The molecular weight excluding hydrogens is 358 g/mol. The van der Waals surface area contributed by atoms with Gasteiger partial charge in [0.15, 0.2) is 0 Å². The Morgan fingerprint density at radius 1 is 0.893 bits per heavy atom. The first kappa shape index (κ1) is 19.1. The molecular formula is C22H19NO5. The SMILES string of the molecule is Cc1ccc(C(=O)OCc2ccccc2)c([N+](=O)[O-])c1OCc1ccccc1. The molecule has 0 aliphatic carbocycles. The molecule has 3 aromatic rings. The molecule has 0 aliphatic heterocycles. The molecule has 0 saturated heterocycles. The lowest BCUT2D eigenvalue weighted by Crippen LogP contribution is -2.10. The van der Waals surface area contributed by atoms with Crippen LogP contribution in [0.4, 0.5) is 5.69 Å². The maximum absolute atomic E-state index is 12.5. The van der Waals surface area contributed by atoms with E-state index in [0.29, 0.717) is 5.56 Å². The number of nitro benzene ring substituents is 1. The van der Waals surface area contributed by atoms with Gasteiger partial charge in [-0.1, -0.05) is 66.7 Å².